The van der Waals surface area contributed by atoms with Crippen LogP contribution in [0.1, 0.15) is 65.9 Å². The Hall–Kier alpha value is -2.26. The maximum Gasteiger partial charge on any atom is 0.126 e. The van der Waals surface area contributed by atoms with Gasteiger partial charge in [-0.15, -0.1) is 0 Å². The van der Waals surface area contributed by atoms with Gasteiger partial charge in [-0.3, -0.25) is 0 Å². The third-order valence-electron chi connectivity index (χ3n) is 5.60. The van der Waals surface area contributed by atoms with E-state index < -0.39 is 0 Å². The van der Waals surface area contributed by atoms with Gasteiger partial charge in [0.15, 0.2) is 0 Å². The number of hydrogen-bond donors (Lipinski definition) is 0. The number of hydrogen-bond acceptors (Lipinski definition) is 3. The summed E-state index contributed by atoms with van der Waals surface area (Å²) in [7, 11) is 0. The van der Waals surface area contributed by atoms with E-state index >= 15 is 0 Å². The molecule has 1 aromatic rings. The number of fused-ring (bicyclic) bond motifs is 2. The topological polar surface area (TPSA) is 35.5 Å². The van der Waals surface area contributed by atoms with E-state index in [1.807, 2.05) is 31.2 Å². The van der Waals surface area contributed by atoms with Gasteiger partial charge >= 0.3 is 0 Å². The molecule has 3 rings (SSSR count). The average molecular weight is 379 g/mol. The van der Waals surface area contributed by atoms with Crippen molar-refractivity contribution in [2.24, 2.45) is 0 Å². The van der Waals surface area contributed by atoms with Gasteiger partial charge in [0.2, 0.25) is 0 Å². The van der Waals surface area contributed by atoms with Crippen LogP contribution >= 0.6 is 0 Å². The van der Waals surface area contributed by atoms with E-state index in [0.717, 1.165) is 53.3 Å². The van der Waals surface area contributed by atoms with Gasteiger partial charge in [-0.05, 0) is 72.4 Å². The zero-order valence-electron chi connectivity index (χ0n) is 17.8. The summed E-state index contributed by atoms with van der Waals surface area (Å²) in [6.07, 6.45) is 13.0. The normalized spacial score (nSPS) is 23.9. The van der Waals surface area contributed by atoms with Crippen LogP contribution in [-0.4, -0.2) is 11.6 Å². The second-order valence-corrected chi connectivity index (χ2v) is 8.45. The lowest BCUT2D eigenvalue weighted by Gasteiger charge is -2.47. The van der Waals surface area contributed by atoms with Crippen molar-refractivity contribution in [2.75, 3.05) is 5.06 Å². The number of anilines is 1. The van der Waals surface area contributed by atoms with Crippen LogP contribution < -0.4 is 5.06 Å². The molecule has 2 heterocycles. The average Bonchev–Trinajstić information content (AvgIpc) is 2.65. The Bertz CT molecular complexity index is 842. The van der Waals surface area contributed by atoms with Gasteiger partial charge in [-0.25, -0.2) is 0 Å². The zero-order chi connectivity index (χ0) is 20.3. The fraction of sp³-hybridized carbons (Fsp3) is 0.440. The van der Waals surface area contributed by atoms with Gasteiger partial charge in [0.05, 0.1) is 6.04 Å². The maximum atomic E-state index is 12.7. The van der Waals surface area contributed by atoms with Gasteiger partial charge in [-0.1, -0.05) is 47.6 Å². The van der Waals surface area contributed by atoms with Crippen molar-refractivity contribution in [1.29, 1.82) is 0 Å². The number of para-hydroxylation sites is 1. The Morgan fingerprint density at radius 1 is 1.18 bits per heavy atom. The van der Waals surface area contributed by atoms with Crippen LogP contribution in [0, 0.1) is 5.21 Å². The Morgan fingerprint density at radius 3 is 2.68 bits per heavy atom. The van der Waals surface area contributed by atoms with Crippen molar-refractivity contribution in [2.45, 2.75) is 71.9 Å². The van der Waals surface area contributed by atoms with Gasteiger partial charge < -0.3 is 15.0 Å². The molecule has 2 aliphatic heterocycles. The van der Waals surface area contributed by atoms with Crippen molar-refractivity contribution in [3.8, 4) is 0 Å². The predicted molar refractivity (Wildman–Crippen MR) is 119 cm³/mol. The van der Waals surface area contributed by atoms with Crippen molar-refractivity contribution in [3.05, 3.63) is 76.2 Å². The molecule has 1 aromatic carbocycles. The molecule has 0 N–H and O–H groups in total. The van der Waals surface area contributed by atoms with Crippen LogP contribution in [-0.2, 0) is 4.74 Å². The molecule has 2 aliphatic rings. The van der Waals surface area contributed by atoms with Crippen molar-refractivity contribution >= 4 is 11.3 Å². The highest BCUT2D eigenvalue weighted by Gasteiger charge is 2.34. The summed E-state index contributed by atoms with van der Waals surface area (Å²) in [6.45, 7) is 10.5. The summed E-state index contributed by atoms with van der Waals surface area (Å²) in [6, 6.07) is 7.45. The standard InChI is InChI=1S/C25H32NO2/c1-18(2)10-8-11-19(3)12-9-16-25(5)17-15-22-21-13-6-7-14-23(21)26(27)20(4)24(22)28-25/h6-7,10,12-15,17,20H,8-9,11,16H2,1-5H3/q-1. The molecule has 0 saturated carbocycles. The van der Waals surface area contributed by atoms with Crippen LogP contribution in [0.5, 0.6) is 0 Å². The molecule has 0 aliphatic carbocycles. The minimum absolute atomic E-state index is 0.310. The first-order valence-electron chi connectivity index (χ1n) is 10.3. The fourth-order valence-corrected chi connectivity index (χ4v) is 3.85. The quantitative estimate of drug-likeness (QED) is 0.504. The lowest BCUT2D eigenvalue weighted by Crippen LogP contribution is -2.39. The van der Waals surface area contributed by atoms with Gasteiger partial charge in [0.1, 0.15) is 11.4 Å². The number of hydroxylamine groups is 1. The first kappa shape index (κ1) is 20.5. The summed E-state index contributed by atoms with van der Waals surface area (Å²) in [5.74, 6) is 0.794. The summed E-state index contributed by atoms with van der Waals surface area (Å²) < 4.78 is 6.42. The van der Waals surface area contributed by atoms with Crippen LogP contribution in [0.15, 0.2) is 65.5 Å². The molecule has 0 amide bonds. The Balaban J connectivity index is 1.68. The summed E-state index contributed by atoms with van der Waals surface area (Å²) in [5.41, 5.74) is 5.14. The van der Waals surface area contributed by atoms with E-state index in [9.17, 15) is 5.21 Å². The molecule has 0 aromatic heterocycles. The third-order valence-corrected chi connectivity index (χ3v) is 5.60. The molecule has 2 atom stereocenters. The summed E-state index contributed by atoms with van der Waals surface area (Å²) >= 11 is 0. The monoisotopic (exact) mass is 378 g/mol. The maximum absolute atomic E-state index is 12.7. The van der Waals surface area contributed by atoms with Crippen molar-refractivity contribution < 1.29 is 4.74 Å². The van der Waals surface area contributed by atoms with Gasteiger partial charge in [0, 0.05) is 16.8 Å². The van der Waals surface area contributed by atoms with Crippen molar-refractivity contribution in [1.82, 2.24) is 0 Å². The fourth-order valence-electron chi connectivity index (χ4n) is 3.85. The van der Waals surface area contributed by atoms with Gasteiger partial charge in [-0.2, -0.15) is 0 Å². The SMILES string of the molecule is CC(C)=CCCC(C)=CCCC1(C)C=CC2=C(O1)C(C)N([O-])c1ccccc12. The van der Waals surface area contributed by atoms with Crippen LogP contribution in [0.25, 0.3) is 5.57 Å². The molecule has 3 nitrogen and oxygen atoms in total. The highest BCUT2D eigenvalue weighted by molar-refractivity contribution is 5.88. The number of benzene rings is 1. The van der Waals surface area contributed by atoms with E-state index in [4.69, 9.17) is 4.74 Å². The van der Waals surface area contributed by atoms with Crippen LogP contribution in [0.2, 0.25) is 0 Å². The molecule has 0 radical (unpaired) electrons. The van der Waals surface area contributed by atoms with E-state index in [-0.39, 0.29) is 11.6 Å². The van der Waals surface area contributed by atoms with Crippen LogP contribution in [0.3, 0.4) is 0 Å². The predicted octanol–water partition coefficient (Wildman–Crippen LogP) is 6.92. The van der Waals surface area contributed by atoms with E-state index in [1.54, 1.807) is 0 Å². The van der Waals surface area contributed by atoms with E-state index in [2.05, 4.69) is 52.0 Å². The molecule has 3 heteroatoms. The number of nitrogens with zero attached hydrogens (tertiary/aromatic N) is 1. The van der Waals surface area contributed by atoms with E-state index in [0.29, 0.717) is 0 Å². The second kappa shape index (κ2) is 8.40. The summed E-state index contributed by atoms with van der Waals surface area (Å²) in [4.78, 5) is 0. The molecule has 2 unspecified atom stereocenters. The van der Waals surface area contributed by atoms with E-state index in [1.165, 1.54) is 11.1 Å². The minimum Gasteiger partial charge on any atom is -0.758 e. The largest absolute Gasteiger partial charge is 0.758 e. The number of rotatable bonds is 6. The Morgan fingerprint density at radius 2 is 1.93 bits per heavy atom. The Kier molecular flexibility index (Phi) is 6.14. The lowest BCUT2D eigenvalue weighted by atomic mass is 9.88. The van der Waals surface area contributed by atoms with Crippen LogP contribution in [0.4, 0.5) is 5.69 Å². The summed E-state index contributed by atoms with van der Waals surface area (Å²) in [5, 5.41) is 13.8. The highest BCUT2D eigenvalue weighted by atomic mass is 16.5. The van der Waals surface area contributed by atoms with Crippen molar-refractivity contribution in [3.63, 3.8) is 0 Å². The zero-order valence-corrected chi connectivity index (χ0v) is 17.8. The first-order valence-corrected chi connectivity index (χ1v) is 10.3. The molecular weight excluding hydrogens is 346 g/mol. The first-order chi connectivity index (χ1) is 13.3. The molecule has 0 spiro atoms. The minimum atomic E-state index is -0.378. The number of ether oxygens (including phenoxy) is 1. The highest BCUT2D eigenvalue weighted by Crippen LogP contribution is 2.43. The molecular formula is C25H32NO2-. The van der Waals surface area contributed by atoms with Gasteiger partial charge in [0.25, 0.3) is 0 Å². The molecule has 0 bridgehead atoms. The molecule has 0 saturated heterocycles. The lowest BCUT2D eigenvalue weighted by molar-refractivity contribution is 0.0441. The Labute approximate surface area is 169 Å². The molecule has 28 heavy (non-hydrogen) atoms. The third kappa shape index (κ3) is 4.41. The second-order valence-electron chi connectivity index (χ2n) is 8.45. The smallest absolute Gasteiger partial charge is 0.126 e. The number of allylic oxidation sites excluding steroid dienone is 6. The molecule has 0 fully saturated rings. The molecule has 150 valence electrons.